The van der Waals surface area contributed by atoms with E-state index in [1.807, 2.05) is 17.7 Å². The van der Waals surface area contributed by atoms with Crippen LogP contribution in [0.3, 0.4) is 0 Å². The van der Waals surface area contributed by atoms with E-state index in [-0.39, 0.29) is 0 Å². The first kappa shape index (κ1) is 18.3. The molecule has 0 unspecified atom stereocenters. The van der Waals surface area contributed by atoms with Crippen molar-refractivity contribution in [1.82, 2.24) is 4.98 Å². The van der Waals surface area contributed by atoms with Crippen LogP contribution in [0, 0.1) is 12.3 Å². The Bertz CT molecular complexity index is 1320. The second-order valence-electron chi connectivity index (χ2n) is 9.82. The number of aryl methyl sites for hydroxylation is 2. The van der Waals surface area contributed by atoms with E-state index in [1.165, 1.54) is 63.5 Å². The number of fused-ring (bicyclic) bond motifs is 3. The van der Waals surface area contributed by atoms with Crippen molar-refractivity contribution in [3.8, 4) is 22.8 Å². The fraction of sp³-hybridized carbons (Fsp3) is 0.385. The second-order valence-corrected chi connectivity index (χ2v) is 10.8. The van der Waals surface area contributed by atoms with Gasteiger partial charge in [0.2, 0.25) is 4.83 Å². The molecule has 30 heavy (non-hydrogen) atoms. The number of benzene rings is 2. The first-order valence-corrected chi connectivity index (χ1v) is 11.8. The summed E-state index contributed by atoms with van der Waals surface area (Å²) >= 11 is 1.85. The summed E-state index contributed by atoms with van der Waals surface area (Å²) in [5, 5.41) is 3.73. The largest absolute Gasteiger partial charge is 0.454 e. The van der Waals surface area contributed by atoms with E-state index in [9.17, 15) is 0 Å². The second kappa shape index (κ2) is 6.27. The minimum atomic E-state index is 0.462. The summed E-state index contributed by atoms with van der Waals surface area (Å²) in [5.41, 5.74) is 4.21. The van der Waals surface area contributed by atoms with Gasteiger partial charge in [-0.25, -0.2) is 4.57 Å². The molecule has 1 saturated carbocycles. The first-order chi connectivity index (χ1) is 14.4. The molecule has 6 rings (SSSR count). The van der Waals surface area contributed by atoms with E-state index in [1.54, 1.807) is 0 Å². The van der Waals surface area contributed by atoms with Crippen LogP contribution in [0.2, 0.25) is 0 Å². The molecule has 2 aliphatic rings. The number of hydrogen-bond donors (Lipinski definition) is 0. The van der Waals surface area contributed by atoms with Crippen LogP contribution in [-0.2, 0) is 7.05 Å². The van der Waals surface area contributed by atoms with Gasteiger partial charge in [-0.2, -0.15) is 0 Å². The maximum atomic E-state index is 6.73. The first-order valence-electron chi connectivity index (χ1n) is 10.9. The van der Waals surface area contributed by atoms with Crippen LogP contribution in [0.15, 0.2) is 36.7 Å². The number of thiophene rings is 1. The van der Waals surface area contributed by atoms with Gasteiger partial charge >= 0.3 is 0 Å². The van der Waals surface area contributed by atoms with Crippen LogP contribution < -0.4 is 9.30 Å². The Morgan fingerprint density at radius 3 is 2.73 bits per heavy atom. The molecule has 3 heterocycles. The van der Waals surface area contributed by atoms with Gasteiger partial charge in [-0.1, -0.05) is 49.4 Å². The summed E-state index contributed by atoms with van der Waals surface area (Å²) in [5.74, 6) is 2.63. The third kappa shape index (κ3) is 2.56. The summed E-state index contributed by atoms with van der Waals surface area (Å²) in [7, 11) is 2.11. The molecule has 0 amide bonds. The molecule has 2 aromatic heterocycles. The number of nitrogens with zero attached hydrogens (tertiary/aromatic N) is 2. The lowest BCUT2D eigenvalue weighted by Crippen LogP contribution is -2.32. The minimum Gasteiger partial charge on any atom is -0.454 e. The van der Waals surface area contributed by atoms with Gasteiger partial charge in [0.05, 0.1) is 17.5 Å². The number of rotatable bonds is 1. The summed E-state index contributed by atoms with van der Waals surface area (Å²) < 4.78 is 8.90. The van der Waals surface area contributed by atoms with Crippen LogP contribution in [0.4, 0.5) is 0 Å². The van der Waals surface area contributed by atoms with Crippen LogP contribution in [0.5, 0.6) is 11.5 Å². The molecule has 0 radical (unpaired) electrons. The monoisotopic (exact) mass is 415 g/mol. The molecule has 1 aliphatic carbocycles. The van der Waals surface area contributed by atoms with Gasteiger partial charge in [0.15, 0.2) is 11.4 Å². The van der Waals surface area contributed by atoms with E-state index in [4.69, 9.17) is 9.72 Å². The molecule has 3 nitrogen and oxygen atoms in total. The van der Waals surface area contributed by atoms with Crippen molar-refractivity contribution in [1.29, 1.82) is 0 Å². The number of hydrogen-bond acceptors (Lipinski definition) is 3. The lowest BCUT2D eigenvalue weighted by molar-refractivity contribution is -0.662. The summed E-state index contributed by atoms with van der Waals surface area (Å²) in [4.78, 5) is 7.30. The van der Waals surface area contributed by atoms with Gasteiger partial charge in [0, 0.05) is 0 Å². The molecule has 0 atom stereocenters. The molecule has 0 spiro atoms. The zero-order valence-corrected chi connectivity index (χ0v) is 18.9. The van der Waals surface area contributed by atoms with E-state index < -0.39 is 0 Å². The fourth-order valence-electron chi connectivity index (χ4n) is 5.41. The molecular weight excluding hydrogens is 388 g/mol. The predicted molar refractivity (Wildman–Crippen MR) is 124 cm³/mol. The molecular formula is C26H27N2OS+. The number of aromatic nitrogens is 2. The standard InChI is InChI=1S/C26H27N2OS/c1-15-18-8-6-5-7-17(18)13-19-20(15)22-21-23(29-19)24(30-25(21)27-14-28(22)4)16-9-11-26(2,3)12-10-16/h5-8,13-14,16H,9-12H2,1-4H3/q+1. The highest BCUT2D eigenvalue weighted by molar-refractivity contribution is 7.19. The molecule has 4 heteroatoms. The van der Waals surface area contributed by atoms with Crippen molar-refractivity contribution in [2.75, 3.05) is 0 Å². The van der Waals surface area contributed by atoms with Crippen molar-refractivity contribution < 1.29 is 9.30 Å². The smallest absolute Gasteiger partial charge is 0.288 e. The minimum absolute atomic E-state index is 0.462. The van der Waals surface area contributed by atoms with Gasteiger partial charge < -0.3 is 4.74 Å². The van der Waals surface area contributed by atoms with Crippen LogP contribution in [0.25, 0.3) is 32.2 Å². The normalized spacial score (nSPS) is 17.9. The summed E-state index contributed by atoms with van der Waals surface area (Å²) in [6.07, 6.45) is 7.00. The third-order valence-electron chi connectivity index (χ3n) is 7.24. The predicted octanol–water partition coefficient (Wildman–Crippen LogP) is 7.04. The highest BCUT2D eigenvalue weighted by atomic mass is 32.1. The Morgan fingerprint density at radius 2 is 1.93 bits per heavy atom. The van der Waals surface area contributed by atoms with Crippen molar-refractivity contribution in [2.45, 2.75) is 52.4 Å². The van der Waals surface area contributed by atoms with Crippen LogP contribution >= 0.6 is 11.3 Å². The molecule has 152 valence electrons. The third-order valence-corrected chi connectivity index (χ3v) is 8.48. The lowest BCUT2D eigenvalue weighted by atomic mass is 9.72. The molecule has 0 bridgehead atoms. The van der Waals surface area contributed by atoms with Crippen molar-refractivity contribution in [3.63, 3.8) is 0 Å². The summed E-state index contributed by atoms with van der Waals surface area (Å²) in [6.45, 7) is 7.02. The average Bonchev–Trinajstić information content (AvgIpc) is 3.09. The Kier molecular flexibility index (Phi) is 3.83. The Morgan fingerprint density at radius 1 is 1.17 bits per heavy atom. The maximum absolute atomic E-state index is 6.73. The van der Waals surface area contributed by atoms with E-state index in [2.05, 4.69) is 62.7 Å². The fourth-order valence-corrected chi connectivity index (χ4v) is 6.65. The lowest BCUT2D eigenvalue weighted by Gasteiger charge is -2.34. The Balaban J connectivity index is 1.61. The number of ether oxygens (including phenoxy) is 1. The van der Waals surface area contributed by atoms with Gasteiger partial charge in [0.1, 0.15) is 11.1 Å². The quantitative estimate of drug-likeness (QED) is 0.274. The molecule has 0 N–H and O–H groups in total. The van der Waals surface area contributed by atoms with E-state index >= 15 is 0 Å². The van der Waals surface area contributed by atoms with Gasteiger partial charge in [-0.3, -0.25) is 0 Å². The van der Waals surface area contributed by atoms with E-state index in [0.29, 0.717) is 11.3 Å². The van der Waals surface area contributed by atoms with E-state index in [0.717, 1.165) is 16.3 Å². The zero-order chi connectivity index (χ0) is 20.6. The van der Waals surface area contributed by atoms with Crippen molar-refractivity contribution >= 4 is 32.3 Å². The van der Waals surface area contributed by atoms with Crippen molar-refractivity contribution in [2.24, 2.45) is 12.5 Å². The Labute approximate surface area is 181 Å². The molecule has 2 aromatic carbocycles. The van der Waals surface area contributed by atoms with Gasteiger partial charge in [-0.05, 0) is 71.3 Å². The van der Waals surface area contributed by atoms with Crippen LogP contribution in [-0.4, -0.2) is 4.98 Å². The average molecular weight is 416 g/mol. The van der Waals surface area contributed by atoms with Gasteiger partial charge in [-0.15, -0.1) is 0 Å². The maximum Gasteiger partial charge on any atom is 0.288 e. The topological polar surface area (TPSA) is 26.0 Å². The van der Waals surface area contributed by atoms with Crippen LogP contribution in [0.1, 0.15) is 55.9 Å². The van der Waals surface area contributed by atoms with Crippen molar-refractivity contribution in [3.05, 3.63) is 47.1 Å². The Hall–Kier alpha value is -2.46. The van der Waals surface area contributed by atoms with Gasteiger partial charge in [0.25, 0.3) is 6.33 Å². The molecule has 0 saturated heterocycles. The SMILES string of the molecule is Cc1c2c(cc3ccccc13)Oc1c(C3CCC(C)(C)CC3)sc3nc[n+](C)c-2c13. The molecule has 4 aromatic rings. The highest BCUT2D eigenvalue weighted by Crippen LogP contribution is 2.55. The molecule has 1 aliphatic heterocycles. The highest BCUT2D eigenvalue weighted by Gasteiger charge is 2.37. The zero-order valence-electron chi connectivity index (χ0n) is 18.1. The summed E-state index contributed by atoms with van der Waals surface area (Å²) in [6, 6.07) is 10.8. The molecule has 1 fully saturated rings.